The number of carbonyl (C=O) groups is 1. The van der Waals surface area contributed by atoms with Crippen molar-refractivity contribution >= 4 is 12.0 Å². The van der Waals surface area contributed by atoms with Crippen molar-refractivity contribution in [3.8, 4) is 17.2 Å². The van der Waals surface area contributed by atoms with Crippen molar-refractivity contribution in [3.63, 3.8) is 0 Å². The highest BCUT2D eigenvalue weighted by Gasteiger charge is 2.10. The molecule has 0 N–H and O–H groups in total. The molecule has 0 unspecified atom stereocenters. The van der Waals surface area contributed by atoms with Crippen molar-refractivity contribution in [2.24, 2.45) is 0 Å². The first kappa shape index (κ1) is 15.2. The first-order valence-electron chi connectivity index (χ1n) is 7.57. The van der Waals surface area contributed by atoms with Crippen molar-refractivity contribution in [2.75, 3.05) is 13.2 Å². The summed E-state index contributed by atoms with van der Waals surface area (Å²) in [5.41, 5.74) is 1.90. The standard InChI is InChI=1S/C19H18O4/c1-14-4-2-5-16(12-14)23-19(20)9-7-15-6-8-17-18(13-15)22-11-3-10-21-17/h2,4-9,12-13H,3,10-11H2,1H3/b9-7+. The molecule has 0 aromatic heterocycles. The number of hydrogen-bond donors (Lipinski definition) is 0. The van der Waals surface area contributed by atoms with E-state index in [1.54, 1.807) is 12.1 Å². The molecule has 118 valence electrons. The van der Waals surface area contributed by atoms with E-state index in [0.717, 1.165) is 23.3 Å². The van der Waals surface area contributed by atoms with E-state index in [-0.39, 0.29) is 0 Å². The van der Waals surface area contributed by atoms with Crippen molar-refractivity contribution in [2.45, 2.75) is 13.3 Å². The maximum absolute atomic E-state index is 11.9. The Morgan fingerprint density at radius 2 is 1.91 bits per heavy atom. The van der Waals surface area contributed by atoms with Crippen LogP contribution < -0.4 is 14.2 Å². The minimum atomic E-state index is -0.414. The van der Waals surface area contributed by atoms with Gasteiger partial charge < -0.3 is 14.2 Å². The molecule has 2 aromatic rings. The molecule has 1 heterocycles. The van der Waals surface area contributed by atoms with Crippen molar-refractivity contribution < 1.29 is 19.0 Å². The lowest BCUT2D eigenvalue weighted by molar-refractivity contribution is -0.128. The number of esters is 1. The van der Waals surface area contributed by atoms with Gasteiger partial charge >= 0.3 is 5.97 Å². The predicted molar refractivity (Wildman–Crippen MR) is 87.9 cm³/mol. The Labute approximate surface area is 135 Å². The van der Waals surface area contributed by atoms with E-state index < -0.39 is 5.97 Å². The monoisotopic (exact) mass is 310 g/mol. The molecule has 4 heteroatoms. The fraction of sp³-hybridized carbons (Fsp3) is 0.211. The zero-order valence-corrected chi connectivity index (χ0v) is 13.0. The van der Waals surface area contributed by atoms with E-state index in [4.69, 9.17) is 14.2 Å². The molecule has 4 nitrogen and oxygen atoms in total. The van der Waals surface area contributed by atoms with E-state index in [1.165, 1.54) is 6.08 Å². The second-order valence-corrected chi connectivity index (χ2v) is 5.33. The van der Waals surface area contributed by atoms with Crippen LogP contribution in [-0.4, -0.2) is 19.2 Å². The van der Waals surface area contributed by atoms with Crippen LogP contribution in [0.25, 0.3) is 6.08 Å². The molecule has 0 bridgehead atoms. The third-order valence-electron chi connectivity index (χ3n) is 3.39. The van der Waals surface area contributed by atoms with Gasteiger partial charge in [0.05, 0.1) is 13.2 Å². The normalized spacial score (nSPS) is 13.6. The van der Waals surface area contributed by atoms with Crippen molar-refractivity contribution in [1.29, 1.82) is 0 Å². The molecule has 0 spiro atoms. The van der Waals surface area contributed by atoms with Gasteiger partial charge in [-0.05, 0) is 48.4 Å². The van der Waals surface area contributed by atoms with Gasteiger partial charge in [-0.25, -0.2) is 4.79 Å². The molecule has 23 heavy (non-hydrogen) atoms. The van der Waals surface area contributed by atoms with Gasteiger partial charge in [0.15, 0.2) is 11.5 Å². The molecule has 0 saturated heterocycles. The average molecular weight is 310 g/mol. The average Bonchev–Trinajstić information content (AvgIpc) is 2.77. The van der Waals surface area contributed by atoms with Crippen LogP contribution in [0.2, 0.25) is 0 Å². The van der Waals surface area contributed by atoms with Crippen LogP contribution >= 0.6 is 0 Å². The molecule has 0 radical (unpaired) electrons. The van der Waals surface area contributed by atoms with Crippen LogP contribution in [0.5, 0.6) is 17.2 Å². The molecule has 1 aliphatic rings. The Hall–Kier alpha value is -2.75. The Balaban J connectivity index is 1.67. The molecule has 0 atom stereocenters. The first-order chi connectivity index (χ1) is 11.2. The summed E-state index contributed by atoms with van der Waals surface area (Å²) < 4.78 is 16.5. The summed E-state index contributed by atoms with van der Waals surface area (Å²) in [6.45, 7) is 3.24. The van der Waals surface area contributed by atoms with Gasteiger partial charge in [-0.15, -0.1) is 0 Å². The van der Waals surface area contributed by atoms with E-state index in [1.807, 2.05) is 43.3 Å². The Morgan fingerprint density at radius 1 is 1.09 bits per heavy atom. The lowest BCUT2D eigenvalue weighted by atomic mass is 10.2. The summed E-state index contributed by atoms with van der Waals surface area (Å²) in [5, 5.41) is 0. The molecule has 0 fully saturated rings. The number of ether oxygens (including phenoxy) is 3. The van der Waals surface area contributed by atoms with E-state index >= 15 is 0 Å². The quantitative estimate of drug-likeness (QED) is 0.492. The Bertz CT molecular complexity index is 734. The minimum Gasteiger partial charge on any atom is -0.490 e. The van der Waals surface area contributed by atoms with Gasteiger partial charge in [0.1, 0.15) is 5.75 Å². The van der Waals surface area contributed by atoms with Crippen LogP contribution in [0.4, 0.5) is 0 Å². The number of hydrogen-bond acceptors (Lipinski definition) is 4. The smallest absolute Gasteiger partial charge is 0.336 e. The second kappa shape index (κ2) is 7.01. The van der Waals surface area contributed by atoms with Crippen LogP contribution in [-0.2, 0) is 4.79 Å². The van der Waals surface area contributed by atoms with Crippen LogP contribution in [0.1, 0.15) is 17.5 Å². The van der Waals surface area contributed by atoms with E-state index in [2.05, 4.69) is 0 Å². The van der Waals surface area contributed by atoms with Gasteiger partial charge in [-0.2, -0.15) is 0 Å². The SMILES string of the molecule is Cc1cccc(OC(=O)/C=C/c2ccc3c(c2)OCCCO3)c1. The summed E-state index contributed by atoms with van der Waals surface area (Å²) in [4.78, 5) is 11.9. The lowest BCUT2D eigenvalue weighted by Gasteiger charge is -2.07. The van der Waals surface area contributed by atoms with Gasteiger partial charge in [0.25, 0.3) is 0 Å². The third kappa shape index (κ3) is 4.13. The summed E-state index contributed by atoms with van der Waals surface area (Å²) >= 11 is 0. The molecule has 0 saturated carbocycles. The van der Waals surface area contributed by atoms with Crippen LogP contribution in [0.15, 0.2) is 48.5 Å². The first-order valence-corrected chi connectivity index (χ1v) is 7.57. The van der Waals surface area contributed by atoms with Gasteiger partial charge in [0.2, 0.25) is 0 Å². The Kier molecular flexibility index (Phi) is 4.62. The van der Waals surface area contributed by atoms with Crippen LogP contribution in [0.3, 0.4) is 0 Å². The van der Waals surface area contributed by atoms with E-state index in [0.29, 0.717) is 24.7 Å². The number of fused-ring (bicyclic) bond motifs is 1. The van der Waals surface area contributed by atoms with Gasteiger partial charge in [-0.3, -0.25) is 0 Å². The summed E-state index contributed by atoms with van der Waals surface area (Å²) in [6, 6.07) is 13.0. The molecule has 1 aliphatic heterocycles. The number of benzene rings is 2. The van der Waals surface area contributed by atoms with E-state index in [9.17, 15) is 4.79 Å². The molecule has 0 amide bonds. The maximum atomic E-state index is 11.9. The largest absolute Gasteiger partial charge is 0.490 e. The molecule has 3 rings (SSSR count). The molecular weight excluding hydrogens is 292 g/mol. The Morgan fingerprint density at radius 3 is 2.74 bits per heavy atom. The summed E-state index contributed by atoms with van der Waals surface area (Å²) in [7, 11) is 0. The fourth-order valence-corrected chi connectivity index (χ4v) is 2.28. The molecule has 0 aliphatic carbocycles. The topological polar surface area (TPSA) is 44.8 Å². The number of aryl methyl sites for hydroxylation is 1. The summed E-state index contributed by atoms with van der Waals surface area (Å²) in [5.74, 6) is 1.57. The number of carbonyl (C=O) groups excluding carboxylic acids is 1. The zero-order chi connectivity index (χ0) is 16.1. The maximum Gasteiger partial charge on any atom is 0.336 e. The minimum absolute atomic E-state index is 0.414. The summed E-state index contributed by atoms with van der Waals surface area (Å²) in [6.07, 6.45) is 3.97. The number of rotatable bonds is 3. The van der Waals surface area contributed by atoms with Crippen molar-refractivity contribution in [3.05, 3.63) is 59.7 Å². The highest BCUT2D eigenvalue weighted by Crippen LogP contribution is 2.30. The highest BCUT2D eigenvalue weighted by molar-refractivity contribution is 5.88. The second-order valence-electron chi connectivity index (χ2n) is 5.33. The molecule has 2 aromatic carbocycles. The predicted octanol–water partition coefficient (Wildman–Crippen LogP) is 3.78. The molecular formula is C19H18O4. The van der Waals surface area contributed by atoms with Crippen molar-refractivity contribution in [1.82, 2.24) is 0 Å². The highest BCUT2D eigenvalue weighted by atomic mass is 16.5. The fourth-order valence-electron chi connectivity index (χ4n) is 2.28. The van der Waals surface area contributed by atoms with Crippen LogP contribution in [0, 0.1) is 6.92 Å². The van der Waals surface area contributed by atoms with Gasteiger partial charge in [-0.1, -0.05) is 18.2 Å². The lowest BCUT2D eigenvalue weighted by Crippen LogP contribution is -2.03. The zero-order valence-electron chi connectivity index (χ0n) is 13.0. The third-order valence-corrected chi connectivity index (χ3v) is 3.39. The van der Waals surface area contributed by atoms with Gasteiger partial charge in [0, 0.05) is 12.5 Å².